The second-order valence-electron chi connectivity index (χ2n) is 8.64. The summed E-state index contributed by atoms with van der Waals surface area (Å²) in [6.07, 6.45) is 1.47. The molecule has 2 heterocycles. The molecule has 2 aromatic carbocycles. The molecule has 0 aliphatic carbocycles. The second-order valence-corrected chi connectivity index (χ2v) is 10.6. The topological polar surface area (TPSA) is 99.3 Å². The SMILES string of the molecule is COc1ccc(S(=O)(=O)N2CCN(C)CC2)cc1NC(=O)c1ccc(CN2CCCC2=O)cc1. The molecular weight excluding hydrogens is 456 g/mol. The maximum Gasteiger partial charge on any atom is 0.255 e. The maximum absolute atomic E-state index is 13.1. The van der Waals surface area contributed by atoms with Crippen LogP contribution in [0.25, 0.3) is 0 Å². The number of methoxy groups -OCH3 is 1. The van der Waals surface area contributed by atoms with Gasteiger partial charge in [0, 0.05) is 51.3 Å². The van der Waals surface area contributed by atoms with E-state index in [1.807, 2.05) is 24.1 Å². The van der Waals surface area contributed by atoms with Crippen molar-refractivity contribution >= 4 is 27.5 Å². The number of anilines is 1. The third-order valence-corrected chi connectivity index (χ3v) is 8.17. The molecule has 2 aliphatic rings. The van der Waals surface area contributed by atoms with Crippen LogP contribution in [0.3, 0.4) is 0 Å². The lowest BCUT2D eigenvalue weighted by Gasteiger charge is -2.31. The molecule has 0 atom stereocenters. The van der Waals surface area contributed by atoms with Gasteiger partial charge in [-0.15, -0.1) is 0 Å². The van der Waals surface area contributed by atoms with Crippen molar-refractivity contribution in [3.8, 4) is 5.75 Å². The molecule has 0 saturated carbocycles. The third-order valence-electron chi connectivity index (χ3n) is 6.28. The lowest BCUT2D eigenvalue weighted by molar-refractivity contribution is -0.128. The molecule has 0 radical (unpaired) electrons. The van der Waals surface area contributed by atoms with Crippen LogP contribution in [0, 0.1) is 0 Å². The molecule has 2 fully saturated rings. The van der Waals surface area contributed by atoms with Crippen LogP contribution < -0.4 is 10.1 Å². The highest BCUT2D eigenvalue weighted by molar-refractivity contribution is 7.89. The summed E-state index contributed by atoms with van der Waals surface area (Å²) in [6, 6.07) is 11.5. The van der Waals surface area contributed by atoms with Gasteiger partial charge in [-0.2, -0.15) is 4.31 Å². The molecular formula is C24H30N4O5S. The number of nitrogens with one attached hydrogen (secondary N) is 1. The van der Waals surface area contributed by atoms with Crippen LogP contribution in [0.2, 0.25) is 0 Å². The first kappa shape index (κ1) is 24.2. The Labute approximate surface area is 200 Å². The van der Waals surface area contributed by atoms with Crippen LogP contribution in [0.1, 0.15) is 28.8 Å². The monoisotopic (exact) mass is 486 g/mol. The van der Waals surface area contributed by atoms with Gasteiger partial charge in [0.1, 0.15) is 5.75 Å². The summed E-state index contributed by atoms with van der Waals surface area (Å²) in [7, 11) is -0.259. The quantitative estimate of drug-likeness (QED) is 0.643. The van der Waals surface area contributed by atoms with Gasteiger partial charge in [-0.05, 0) is 49.4 Å². The molecule has 2 saturated heterocycles. The first-order chi connectivity index (χ1) is 16.3. The fourth-order valence-electron chi connectivity index (χ4n) is 4.17. The van der Waals surface area contributed by atoms with E-state index in [1.165, 1.54) is 23.5 Å². The van der Waals surface area contributed by atoms with Crippen LogP contribution in [0.15, 0.2) is 47.4 Å². The van der Waals surface area contributed by atoms with Gasteiger partial charge in [-0.3, -0.25) is 9.59 Å². The van der Waals surface area contributed by atoms with Gasteiger partial charge >= 0.3 is 0 Å². The molecule has 2 aliphatic heterocycles. The summed E-state index contributed by atoms with van der Waals surface area (Å²) in [5.74, 6) is 0.145. The van der Waals surface area contributed by atoms with Crippen LogP contribution >= 0.6 is 0 Å². The van der Waals surface area contributed by atoms with Gasteiger partial charge in [-0.1, -0.05) is 12.1 Å². The van der Waals surface area contributed by atoms with Gasteiger partial charge in [-0.25, -0.2) is 8.42 Å². The zero-order valence-electron chi connectivity index (χ0n) is 19.5. The molecule has 10 heteroatoms. The number of rotatable bonds is 7. The van der Waals surface area contributed by atoms with Gasteiger partial charge < -0.3 is 19.9 Å². The predicted molar refractivity (Wildman–Crippen MR) is 128 cm³/mol. The Morgan fingerprint density at radius 3 is 2.35 bits per heavy atom. The first-order valence-electron chi connectivity index (χ1n) is 11.3. The number of nitrogens with zero attached hydrogens (tertiary/aromatic N) is 3. The number of ether oxygens (including phenoxy) is 1. The molecule has 4 rings (SSSR count). The summed E-state index contributed by atoms with van der Waals surface area (Å²) >= 11 is 0. The number of hydrogen-bond donors (Lipinski definition) is 1. The van der Waals surface area contributed by atoms with Crippen molar-refractivity contribution in [3.63, 3.8) is 0 Å². The minimum atomic E-state index is -3.69. The summed E-state index contributed by atoms with van der Waals surface area (Å²) in [4.78, 5) is 28.7. The van der Waals surface area contributed by atoms with E-state index in [-0.39, 0.29) is 22.4 Å². The average Bonchev–Trinajstić information content (AvgIpc) is 3.24. The summed E-state index contributed by atoms with van der Waals surface area (Å²) in [5.41, 5.74) is 1.66. The predicted octanol–water partition coefficient (Wildman–Crippen LogP) is 2.01. The number of carbonyl (C=O) groups is 2. The highest BCUT2D eigenvalue weighted by atomic mass is 32.2. The lowest BCUT2D eigenvalue weighted by atomic mass is 10.1. The van der Waals surface area contributed by atoms with E-state index in [4.69, 9.17) is 4.74 Å². The van der Waals surface area contributed by atoms with Gasteiger partial charge in [0.05, 0.1) is 17.7 Å². The van der Waals surface area contributed by atoms with E-state index in [9.17, 15) is 18.0 Å². The van der Waals surface area contributed by atoms with Crippen molar-refractivity contribution in [1.82, 2.24) is 14.1 Å². The molecule has 0 unspecified atom stereocenters. The standard InChI is InChI=1S/C24H30N4O5S/c1-26-12-14-28(15-13-26)34(31,32)20-9-10-22(33-2)21(16-20)25-24(30)19-7-5-18(6-8-19)17-27-11-3-4-23(27)29/h5-10,16H,3-4,11-15,17H2,1-2H3,(H,25,30). The molecule has 0 aromatic heterocycles. The van der Waals surface area contributed by atoms with Gasteiger partial charge in [0.25, 0.3) is 5.91 Å². The number of piperazine rings is 1. The van der Waals surface area contributed by atoms with Gasteiger partial charge in [0.2, 0.25) is 15.9 Å². The van der Waals surface area contributed by atoms with E-state index in [0.29, 0.717) is 50.5 Å². The third kappa shape index (κ3) is 5.24. The Bertz CT molecular complexity index is 1160. The molecule has 2 amide bonds. The number of hydrogen-bond acceptors (Lipinski definition) is 6. The molecule has 34 heavy (non-hydrogen) atoms. The van der Waals surface area contributed by atoms with Crippen LogP contribution in [-0.2, 0) is 21.4 Å². The van der Waals surface area contributed by atoms with Crippen LogP contribution in [0.5, 0.6) is 5.75 Å². The highest BCUT2D eigenvalue weighted by Crippen LogP contribution is 2.30. The van der Waals surface area contributed by atoms with Crippen LogP contribution in [-0.4, -0.2) is 81.2 Å². The zero-order chi connectivity index (χ0) is 24.3. The summed E-state index contributed by atoms with van der Waals surface area (Å²) in [5, 5.41) is 2.78. The van der Waals surface area contributed by atoms with Crippen molar-refractivity contribution in [1.29, 1.82) is 0 Å². The average molecular weight is 487 g/mol. The van der Waals surface area contributed by atoms with Crippen molar-refractivity contribution in [2.45, 2.75) is 24.3 Å². The Morgan fingerprint density at radius 1 is 1.03 bits per heavy atom. The highest BCUT2D eigenvalue weighted by Gasteiger charge is 2.28. The normalized spacial score (nSPS) is 17.7. The lowest BCUT2D eigenvalue weighted by Crippen LogP contribution is -2.47. The number of likely N-dealkylation sites (N-methyl/N-ethyl adjacent to an activating group) is 1. The fraction of sp³-hybridized carbons (Fsp3) is 0.417. The number of carbonyl (C=O) groups excluding carboxylic acids is 2. The molecule has 0 bridgehead atoms. The van der Waals surface area contributed by atoms with Crippen molar-refractivity contribution < 1.29 is 22.7 Å². The van der Waals surface area contributed by atoms with Crippen molar-refractivity contribution in [2.24, 2.45) is 0 Å². The Morgan fingerprint density at radius 2 is 1.74 bits per heavy atom. The smallest absolute Gasteiger partial charge is 0.255 e. The molecule has 182 valence electrons. The number of sulfonamides is 1. The molecule has 9 nitrogen and oxygen atoms in total. The second kappa shape index (κ2) is 10.1. The molecule has 2 aromatic rings. The molecule has 0 spiro atoms. The van der Waals surface area contributed by atoms with Crippen molar-refractivity contribution in [2.75, 3.05) is 52.2 Å². The Hall–Kier alpha value is -2.95. The van der Waals surface area contributed by atoms with E-state index >= 15 is 0 Å². The van der Waals surface area contributed by atoms with Crippen molar-refractivity contribution in [3.05, 3.63) is 53.6 Å². The fourth-order valence-corrected chi connectivity index (χ4v) is 5.62. The minimum Gasteiger partial charge on any atom is -0.495 e. The zero-order valence-corrected chi connectivity index (χ0v) is 20.3. The maximum atomic E-state index is 13.1. The summed E-state index contributed by atoms with van der Waals surface area (Å²) in [6.45, 7) is 3.46. The van der Waals surface area contributed by atoms with E-state index in [1.54, 1.807) is 18.2 Å². The van der Waals surface area contributed by atoms with E-state index in [0.717, 1.165) is 18.5 Å². The van der Waals surface area contributed by atoms with Gasteiger partial charge in [0.15, 0.2) is 0 Å². The molecule has 1 N–H and O–H groups in total. The first-order valence-corrected chi connectivity index (χ1v) is 12.8. The van der Waals surface area contributed by atoms with E-state index < -0.39 is 10.0 Å². The number of benzene rings is 2. The van der Waals surface area contributed by atoms with Crippen LogP contribution in [0.4, 0.5) is 5.69 Å². The minimum absolute atomic E-state index is 0.110. The number of likely N-dealkylation sites (tertiary alicyclic amines) is 1. The number of amides is 2. The van der Waals surface area contributed by atoms with E-state index in [2.05, 4.69) is 10.2 Å². The Kier molecular flexibility index (Phi) is 7.20. The Balaban J connectivity index is 1.49. The summed E-state index contributed by atoms with van der Waals surface area (Å²) < 4.78 is 33.1. The largest absolute Gasteiger partial charge is 0.495 e.